The maximum atomic E-state index is 12.4. The fourth-order valence-corrected chi connectivity index (χ4v) is 2.68. The number of amides is 1. The summed E-state index contributed by atoms with van der Waals surface area (Å²) in [5.74, 6) is 0.118. The van der Waals surface area contributed by atoms with Gasteiger partial charge in [-0.25, -0.2) is 9.97 Å². The van der Waals surface area contributed by atoms with Crippen LogP contribution in [0.15, 0.2) is 60.9 Å². The van der Waals surface area contributed by atoms with Crippen molar-refractivity contribution >= 4 is 17.5 Å². The number of anilines is 2. The van der Waals surface area contributed by atoms with Crippen molar-refractivity contribution in [3.05, 3.63) is 77.9 Å². The first-order valence-corrected chi connectivity index (χ1v) is 8.81. The zero-order valence-electron chi connectivity index (χ0n) is 15.7. The van der Waals surface area contributed by atoms with Gasteiger partial charge in [0.05, 0.1) is 12.2 Å². The number of rotatable bonds is 5. The van der Waals surface area contributed by atoms with E-state index >= 15 is 0 Å². The highest BCUT2D eigenvalue weighted by atomic mass is 16.1. The zero-order valence-corrected chi connectivity index (χ0v) is 15.7. The Morgan fingerprint density at radius 2 is 1.74 bits per heavy atom. The van der Waals surface area contributed by atoms with E-state index in [4.69, 9.17) is 0 Å². The Balaban J connectivity index is 1.74. The Morgan fingerprint density at radius 1 is 0.963 bits per heavy atom. The summed E-state index contributed by atoms with van der Waals surface area (Å²) in [5, 5.41) is 6.06. The molecule has 6 nitrogen and oxygen atoms in total. The van der Waals surface area contributed by atoms with E-state index in [0.29, 0.717) is 18.2 Å². The van der Waals surface area contributed by atoms with Gasteiger partial charge in [0.2, 0.25) is 5.95 Å². The molecule has 0 fully saturated rings. The summed E-state index contributed by atoms with van der Waals surface area (Å²) in [6.45, 7) is 6.79. The first kappa shape index (κ1) is 18.5. The first-order chi connectivity index (χ1) is 12.9. The van der Waals surface area contributed by atoms with Gasteiger partial charge in [-0.2, -0.15) is 0 Å². The van der Waals surface area contributed by atoms with Crippen molar-refractivity contribution in [2.24, 2.45) is 0 Å². The van der Waals surface area contributed by atoms with E-state index in [-0.39, 0.29) is 11.3 Å². The molecule has 0 bridgehead atoms. The fraction of sp³-hybridized carbons (Fsp3) is 0.238. The number of nitrogens with zero attached hydrogens (tertiary/aromatic N) is 3. The molecule has 138 valence electrons. The smallest absolute Gasteiger partial charge is 0.270 e. The summed E-state index contributed by atoms with van der Waals surface area (Å²) < 4.78 is 0. The maximum Gasteiger partial charge on any atom is 0.270 e. The SMILES string of the molecule is CC(C)(C)c1ccccc1Nc1nccc(C(=O)NCc2ccccn2)n1. The van der Waals surface area contributed by atoms with Gasteiger partial charge in [0.15, 0.2) is 0 Å². The number of nitrogens with one attached hydrogen (secondary N) is 2. The number of carbonyl (C=O) groups excluding carboxylic acids is 1. The summed E-state index contributed by atoms with van der Waals surface area (Å²) in [6.07, 6.45) is 3.27. The summed E-state index contributed by atoms with van der Waals surface area (Å²) in [4.78, 5) is 25.2. The highest BCUT2D eigenvalue weighted by Crippen LogP contribution is 2.30. The van der Waals surface area contributed by atoms with Gasteiger partial charge in [-0.15, -0.1) is 0 Å². The van der Waals surface area contributed by atoms with Crippen LogP contribution in [0.5, 0.6) is 0 Å². The largest absolute Gasteiger partial charge is 0.345 e. The summed E-state index contributed by atoms with van der Waals surface area (Å²) in [5.41, 5.74) is 3.14. The second-order valence-corrected chi connectivity index (χ2v) is 7.19. The number of carbonyl (C=O) groups is 1. The lowest BCUT2D eigenvalue weighted by Crippen LogP contribution is -2.24. The molecule has 2 aromatic heterocycles. The Labute approximate surface area is 159 Å². The lowest BCUT2D eigenvalue weighted by atomic mass is 9.86. The van der Waals surface area contributed by atoms with Crippen molar-refractivity contribution in [1.29, 1.82) is 0 Å². The average Bonchev–Trinajstić information content (AvgIpc) is 2.67. The van der Waals surface area contributed by atoms with Gasteiger partial charge >= 0.3 is 0 Å². The van der Waals surface area contributed by atoms with E-state index in [9.17, 15) is 4.79 Å². The van der Waals surface area contributed by atoms with Gasteiger partial charge in [0.1, 0.15) is 5.69 Å². The lowest BCUT2D eigenvalue weighted by Gasteiger charge is -2.23. The molecule has 0 aliphatic rings. The molecule has 0 saturated heterocycles. The Kier molecular flexibility index (Phi) is 5.45. The summed E-state index contributed by atoms with van der Waals surface area (Å²) in [6, 6.07) is 15.2. The van der Waals surface area contributed by atoms with Crippen LogP contribution in [-0.4, -0.2) is 20.9 Å². The Bertz CT molecular complexity index is 919. The molecule has 0 atom stereocenters. The number of hydrogen-bond donors (Lipinski definition) is 2. The van der Waals surface area contributed by atoms with E-state index in [0.717, 1.165) is 16.9 Å². The predicted molar refractivity (Wildman–Crippen MR) is 106 cm³/mol. The minimum Gasteiger partial charge on any atom is -0.345 e. The molecule has 0 aliphatic carbocycles. The quantitative estimate of drug-likeness (QED) is 0.722. The molecule has 0 unspecified atom stereocenters. The molecule has 2 N–H and O–H groups in total. The molecule has 1 amide bonds. The van der Waals surface area contributed by atoms with E-state index < -0.39 is 0 Å². The molecule has 3 aromatic rings. The Hall–Kier alpha value is -3.28. The molecule has 0 saturated carbocycles. The monoisotopic (exact) mass is 361 g/mol. The van der Waals surface area contributed by atoms with Crippen molar-refractivity contribution in [3.63, 3.8) is 0 Å². The Morgan fingerprint density at radius 3 is 2.48 bits per heavy atom. The van der Waals surface area contributed by atoms with Crippen molar-refractivity contribution < 1.29 is 4.79 Å². The molecular weight excluding hydrogens is 338 g/mol. The normalized spacial score (nSPS) is 11.1. The fourth-order valence-electron chi connectivity index (χ4n) is 2.68. The molecule has 0 radical (unpaired) electrons. The van der Waals surface area contributed by atoms with Crippen LogP contribution >= 0.6 is 0 Å². The van der Waals surface area contributed by atoms with Crippen LogP contribution < -0.4 is 10.6 Å². The van der Waals surface area contributed by atoms with Gasteiger partial charge in [-0.1, -0.05) is 45.0 Å². The molecule has 6 heteroatoms. The second-order valence-electron chi connectivity index (χ2n) is 7.19. The van der Waals surface area contributed by atoms with Crippen LogP contribution in [0.4, 0.5) is 11.6 Å². The standard InChI is InChI=1S/C21H23N5O/c1-21(2,3)16-9-4-5-10-17(16)25-20-23-13-11-18(26-20)19(27)24-14-15-8-6-7-12-22-15/h4-13H,14H2,1-3H3,(H,24,27)(H,23,25,26). The predicted octanol–water partition coefficient (Wildman–Crippen LogP) is 3.84. The highest BCUT2D eigenvalue weighted by Gasteiger charge is 2.18. The third-order valence-electron chi connectivity index (χ3n) is 4.03. The van der Waals surface area contributed by atoms with Gasteiger partial charge in [0.25, 0.3) is 5.91 Å². The third kappa shape index (κ3) is 4.88. The van der Waals surface area contributed by atoms with Crippen LogP contribution in [-0.2, 0) is 12.0 Å². The first-order valence-electron chi connectivity index (χ1n) is 8.81. The van der Waals surface area contributed by atoms with Crippen LogP contribution in [0.1, 0.15) is 42.5 Å². The molecule has 0 aliphatic heterocycles. The van der Waals surface area contributed by atoms with E-state index in [2.05, 4.69) is 52.4 Å². The van der Waals surface area contributed by atoms with Crippen LogP contribution in [0.3, 0.4) is 0 Å². The van der Waals surface area contributed by atoms with Crippen LogP contribution in [0, 0.1) is 0 Å². The molecule has 0 spiro atoms. The van der Waals surface area contributed by atoms with Crippen LogP contribution in [0.25, 0.3) is 0 Å². The zero-order chi connectivity index (χ0) is 19.3. The average molecular weight is 361 g/mol. The van der Waals surface area contributed by atoms with Crippen molar-refractivity contribution in [1.82, 2.24) is 20.3 Å². The topological polar surface area (TPSA) is 79.8 Å². The molecule has 2 heterocycles. The molecular formula is C21H23N5O. The number of benzene rings is 1. The highest BCUT2D eigenvalue weighted by molar-refractivity contribution is 5.92. The summed E-state index contributed by atoms with van der Waals surface area (Å²) in [7, 11) is 0. The van der Waals surface area contributed by atoms with Crippen LogP contribution in [0.2, 0.25) is 0 Å². The summed E-state index contributed by atoms with van der Waals surface area (Å²) >= 11 is 0. The second kappa shape index (κ2) is 7.95. The van der Waals surface area contributed by atoms with Gasteiger partial charge < -0.3 is 10.6 Å². The molecule has 1 aromatic carbocycles. The van der Waals surface area contributed by atoms with Gasteiger partial charge in [-0.05, 0) is 35.2 Å². The minimum absolute atomic E-state index is 0.0265. The van der Waals surface area contributed by atoms with Crippen molar-refractivity contribution in [2.75, 3.05) is 5.32 Å². The van der Waals surface area contributed by atoms with Gasteiger partial charge in [0, 0.05) is 18.1 Å². The third-order valence-corrected chi connectivity index (χ3v) is 4.03. The van der Waals surface area contributed by atoms with E-state index in [1.165, 1.54) is 0 Å². The van der Waals surface area contributed by atoms with Crippen molar-refractivity contribution in [2.45, 2.75) is 32.7 Å². The minimum atomic E-state index is -0.268. The molecule has 27 heavy (non-hydrogen) atoms. The van der Waals surface area contributed by atoms with Gasteiger partial charge in [-0.3, -0.25) is 9.78 Å². The number of para-hydroxylation sites is 1. The van der Waals surface area contributed by atoms with Crippen molar-refractivity contribution in [3.8, 4) is 0 Å². The number of aromatic nitrogens is 3. The van der Waals surface area contributed by atoms with E-state index in [1.54, 1.807) is 18.5 Å². The van der Waals surface area contributed by atoms with E-state index in [1.807, 2.05) is 36.4 Å². The lowest BCUT2D eigenvalue weighted by molar-refractivity contribution is 0.0945. The number of hydrogen-bond acceptors (Lipinski definition) is 5. The molecule has 3 rings (SSSR count). The number of pyridine rings is 1. The maximum absolute atomic E-state index is 12.4.